The fourth-order valence-corrected chi connectivity index (χ4v) is 2.33. The molecule has 0 fully saturated rings. The summed E-state index contributed by atoms with van der Waals surface area (Å²) < 4.78 is 19.2. The Hall–Kier alpha value is -2.08. The number of amides is 1. The van der Waals surface area contributed by atoms with Crippen molar-refractivity contribution >= 4 is 17.0 Å². The minimum absolute atomic E-state index is 0.196. The van der Waals surface area contributed by atoms with Gasteiger partial charge in [0.05, 0.1) is 0 Å². The van der Waals surface area contributed by atoms with E-state index in [1.165, 1.54) is 6.07 Å². The highest BCUT2D eigenvalue weighted by atomic mass is 19.1. The second-order valence-corrected chi connectivity index (χ2v) is 6.22. The van der Waals surface area contributed by atoms with E-state index in [2.05, 4.69) is 10.3 Å². The Morgan fingerprint density at radius 2 is 2.18 bits per heavy atom. The van der Waals surface area contributed by atoms with Crippen molar-refractivity contribution in [3.63, 3.8) is 0 Å². The third kappa shape index (κ3) is 3.76. The normalized spacial score (nSPS) is 13.1. The molecular weight excluding hydrogens is 285 g/mol. The summed E-state index contributed by atoms with van der Waals surface area (Å²) in [6.45, 7) is 5.95. The number of halogens is 1. The van der Waals surface area contributed by atoms with Crippen LogP contribution in [-0.4, -0.2) is 29.8 Å². The first-order valence-electron chi connectivity index (χ1n) is 7.24. The maximum atomic E-state index is 14.0. The number of fused-ring (bicyclic) bond motifs is 1. The summed E-state index contributed by atoms with van der Waals surface area (Å²) in [6, 6.07) is 4.86. The molecule has 0 spiro atoms. The molecule has 1 amide bonds. The van der Waals surface area contributed by atoms with Crippen molar-refractivity contribution < 1.29 is 13.9 Å². The highest BCUT2D eigenvalue weighted by Crippen LogP contribution is 2.27. The van der Waals surface area contributed by atoms with Gasteiger partial charge in [-0.15, -0.1) is 0 Å². The number of ether oxygens (including phenoxy) is 1. The SMILES string of the molecule is CC(C)(C)OC(=O)NCC(CN)c1c[nH]c2cccc(F)c12. The molecule has 1 aromatic carbocycles. The van der Waals surface area contributed by atoms with Crippen molar-refractivity contribution in [2.75, 3.05) is 13.1 Å². The van der Waals surface area contributed by atoms with Gasteiger partial charge >= 0.3 is 6.09 Å². The smallest absolute Gasteiger partial charge is 0.407 e. The zero-order chi connectivity index (χ0) is 16.3. The van der Waals surface area contributed by atoms with E-state index in [1.54, 1.807) is 39.1 Å². The fraction of sp³-hybridized carbons (Fsp3) is 0.438. The van der Waals surface area contributed by atoms with E-state index in [9.17, 15) is 9.18 Å². The molecule has 1 atom stereocenters. The number of hydrogen-bond acceptors (Lipinski definition) is 3. The number of carbonyl (C=O) groups is 1. The maximum Gasteiger partial charge on any atom is 0.407 e. The zero-order valence-electron chi connectivity index (χ0n) is 13.1. The van der Waals surface area contributed by atoms with E-state index in [4.69, 9.17) is 10.5 Å². The summed E-state index contributed by atoms with van der Waals surface area (Å²) in [4.78, 5) is 14.8. The van der Waals surface area contributed by atoms with Gasteiger partial charge in [-0.3, -0.25) is 0 Å². The Morgan fingerprint density at radius 1 is 1.45 bits per heavy atom. The van der Waals surface area contributed by atoms with E-state index < -0.39 is 11.7 Å². The lowest BCUT2D eigenvalue weighted by molar-refractivity contribution is 0.0525. The van der Waals surface area contributed by atoms with Gasteiger partial charge in [-0.2, -0.15) is 0 Å². The molecule has 4 N–H and O–H groups in total. The van der Waals surface area contributed by atoms with Gasteiger partial charge in [0.1, 0.15) is 11.4 Å². The third-order valence-corrected chi connectivity index (χ3v) is 3.30. The van der Waals surface area contributed by atoms with Crippen molar-refractivity contribution in [2.45, 2.75) is 32.3 Å². The van der Waals surface area contributed by atoms with Gasteiger partial charge in [-0.1, -0.05) is 6.07 Å². The lowest BCUT2D eigenvalue weighted by Crippen LogP contribution is -2.36. The molecule has 1 aromatic heterocycles. The minimum Gasteiger partial charge on any atom is -0.444 e. The topological polar surface area (TPSA) is 80.1 Å². The van der Waals surface area contributed by atoms with E-state index in [0.29, 0.717) is 10.9 Å². The summed E-state index contributed by atoms with van der Waals surface area (Å²) in [5, 5.41) is 3.20. The molecule has 0 saturated carbocycles. The van der Waals surface area contributed by atoms with E-state index >= 15 is 0 Å². The third-order valence-electron chi connectivity index (χ3n) is 3.30. The van der Waals surface area contributed by atoms with E-state index in [1.807, 2.05) is 0 Å². The number of benzene rings is 1. The van der Waals surface area contributed by atoms with Gasteiger partial charge < -0.3 is 20.8 Å². The first kappa shape index (κ1) is 16.3. The van der Waals surface area contributed by atoms with Gasteiger partial charge in [0, 0.05) is 36.1 Å². The molecule has 5 nitrogen and oxygen atoms in total. The Labute approximate surface area is 129 Å². The molecule has 22 heavy (non-hydrogen) atoms. The number of nitrogens with two attached hydrogens (primary N) is 1. The summed E-state index contributed by atoms with van der Waals surface area (Å²) in [5.74, 6) is -0.498. The maximum absolute atomic E-state index is 14.0. The van der Waals surface area contributed by atoms with Crippen LogP contribution in [0.25, 0.3) is 10.9 Å². The van der Waals surface area contributed by atoms with Crippen molar-refractivity contribution in [1.29, 1.82) is 0 Å². The summed E-state index contributed by atoms with van der Waals surface area (Å²) in [6.07, 6.45) is 1.23. The highest BCUT2D eigenvalue weighted by molar-refractivity contribution is 5.84. The number of aromatic nitrogens is 1. The second-order valence-electron chi connectivity index (χ2n) is 6.22. The molecule has 1 unspecified atom stereocenters. The molecule has 0 aliphatic rings. The molecule has 2 aromatic rings. The van der Waals surface area contributed by atoms with Crippen LogP contribution in [0.15, 0.2) is 24.4 Å². The minimum atomic E-state index is -0.560. The van der Waals surface area contributed by atoms with Crippen LogP contribution in [0.3, 0.4) is 0 Å². The van der Waals surface area contributed by atoms with Gasteiger partial charge in [0.2, 0.25) is 0 Å². The molecule has 0 aliphatic heterocycles. The van der Waals surface area contributed by atoms with Crippen LogP contribution in [0.1, 0.15) is 32.3 Å². The number of aromatic amines is 1. The monoisotopic (exact) mass is 307 g/mol. The number of rotatable bonds is 4. The van der Waals surface area contributed by atoms with Gasteiger partial charge in [0.25, 0.3) is 0 Å². The molecular formula is C16H22FN3O2. The largest absolute Gasteiger partial charge is 0.444 e. The Bertz CT molecular complexity index is 661. The van der Waals surface area contributed by atoms with Crippen molar-refractivity contribution in [3.8, 4) is 0 Å². The Morgan fingerprint density at radius 3 is 2.82 bits per heavy atom. The van der Waals surface area contributed by atoms with Crippen LogP contribution < -0.4 is 11.1 Å². The zero-order valence-corrected chi connectivity index (χ0v) is 13.1. The molecule has 1 heterocycles. The van der Waals surface area contributed by atoms with Crippen molar-refractivity contribution in [1.82, 2.24) is 10.3 Å². The quantitative estimate of drug-likeness (QED) is 0.812. The lowest BCUT2D eigenvalue weighted by atomic mass is 9.98. The molecule has 2 rings (SSSR count). The predicted octanol–water partition coefficient (Wildman–Crippen LogP) is 2.87. The average molecular weight is 307 g/mol. The number of alkyl carbamates (subject to hydrolysis) is 1. The summed E-state index contributed by atoms with van der Waals surface area (Å²) in [7, 11) is 0. The highest BCUT2D eigenvalue weighted by Gasteiger charge is 2.20. The van der Waals surface area contributed by atoms with Gasteiger partial charge in [-0.05, 0) is 38.5 Å². The van der Waals surface area contributed by atoms with Crippen molar-refractivity contribution in [2.24, 2.45) is 5.73 Å². The summed E-state index contributed by atoms with van der Waals surface area (Å²) >= 11 is 0. The summed E-state index contributed by atoms with van der Waals surface area (Å²) in [5.41, 5.74) is 6.70. The van der Waals surface area contributed by atoms with Crippen molar-refractivity contribution in [3.05, 3.63) is 35.8 Å². The predicted molar refractivity (Wildman–Crippen MR) is 84.3 cm³/mol. The van der Waals surface area contributed by atoms with Crippen LogP contribution in [0.2, 0.25) is 0 Å². The van der Waals surface area contributed by atoms with Crippen LogP contribution in [0.5, 0.6) is 0 Å². The molecule has 6 heteroatoms. The molecule has 0 saturated heterocycles. The first-order chi connectivity index (χ1) is 10.3. The van der Waals surface area contributed by atoms with Crippen LogP contribution in [-0.2, 0) is 4.74 Å². The van der Waals surface area contributed by atoms with Crippen LogP contribution in [0, 0.1) is 5.82 Å². The number of hydrogen-bond donors (Lipinski definition) is 3. The van der Waals surface area contributed by atoms with Gasteiger partial charge in [0.15, 0.2) is 0 Å². The Balaban J connectivity index is 2.13. The lowest BCUT2D eigenvalue weighted by Gasteiger charge is -2.21. The van der Waals surface area contributed by atoms with Gasteiger partial charge in [-0.25, -0.2) is 9.18 Å². The first-order valence-corrected chi connectivity index (χ1v) is 7.24. The fourth-order valence-electron chi connectivity index (χ4n) is 2.33. The van der Waals surface area contributed by atoms with E-state index in [-0.39, 0.29) is 24.8 Å². The standard InChI is InChI=1S/C16H22FN3O2/c1-16(2,3)22-15(21)20-8-10(7-18)11-9-19-13-6-4-5-12(17)14(11)13/h4-6,9-10,19H,7-8,18H2,1-3H3,(H,20,21). The van der Waals surface area contributed by atoms with Crippen LogP contribution >= 0.6 is 0 Å². The van der Waals surface area contributed by atoms with E-state index in [0.717, 1.165) is 5.56 Å². The number of H-pyrrole nitrogens is 1. The number of nitrogens with one attached hydrogen (secondary N) is 2. The molecule has 0 aliphatic carbocycles. The molecule has 120 valence electrons. The average Bonchev–Trinajstić information content (AvgIpc) is 2.83. The molecule has 0 radical (unpaired) electrons. The molecule has 0 bridgehead atoms. The number of carbonyl (C=O) groups excluding carboxylic acids is 1. The van der Waals surface area contributed by atoms with Crippen LogP contribution in [0.4, 0.5) is 9.18 Å². The Kier molecular flexibility index (Phi) is 4.71. The second kappa shape index (κ2) is 6.36.